The largest absolute Gasteiger partial charge is 0.331 e. The molecule has 0 unspecified atom stereocenters. The summed E-state index contributed by atoms with van der Waals surface area (Å²) in [5.74, 6) is 1.77. The van der Waals surface area contributed by atoms with Crippen molar-refractivity contribution in [3.63, 3.8) is 0 Å². The lowest BCUT2D eigenvalue weighted by molar-refractivity contribution is -0.121. The first-order valence-electron chi connectivity index (χ1n) is 10.3. The van der Waals surface area contributed by atoms with Crippen LogP contribution in [-0.4, -0.2) is 45.5 Å². The van der Waals surface area contributed by atoms with Gasteiger partial charge >= 0.3 is 0 Å². The van der Waals surface area contributed by atoms with E-state index in [0.717, 1.165) is 53.5 Å². The van der Waals surface area contributed by atoms with Gasteiger partial charge in [0.15, 0.2) is 0 Å². The fourth-order valence-corrected chi connectivity index (χ4v) is 4.22. The van der Waals surface area contributed by atoms with Crippen LogP contribution in [0, 0.1) is 12.8 Å². The minimum atomic E-state index is 0.0763. The van der Waals surface area contributed by atoms with Crippen LogP contribution in [0.5, 0.6) is 0 Å². The normalized spacial score (nSPS) is 19.6. The highest BCUT2D eigenvalue weighted by atomic mass is 16.1. The topological polar surface area (TPSA) is 63.1 Å². The summed E-state index contributed by atoms with van der Waals surface area (Å²) in [6, 6.07) is 8.83. The molecule has 1 aromatic carbocycles. The summed E-state index contributed by atoms with van der Waals surface area (Å²) in [6.07, 6.45) is 7.74. The van der Waals surface area contributed by atoms with E-state index in [1.165, 1.54) is 0 Å². The molecule has 0 saturated heterocycles. The van der Waals surface area contributed by atoms with Gasteiger partial charge in [0.2, 0.25) is 5.91 Å². The molecule has 6 heteroatoms. The van der Waals surface area contributed by atoms with E-state index < -0.39 is 0 Å². The van der Waals surface area contributed by atoms with Gasteiger partial charge in [0, 0.05) is 36.2 Å². The predicted octanol–water partition coefficient (Wildman–Crippen LogP) is 4.00. The number of hydrogen-bond acceptors (Lipinski definition) is 4. The number of aromatic nitrogens is 3. The van der Waals surface area contributed by atoms with Gasteiger partial charge in [-0.3, -0.25) is 4.79 Å². The number of imidazole rings is 1. The van der Waals surface area contributed by atoms with Crippen molar-refractivity contribution in [1.82, 2.24) is 19.4 Å². The Bertz CT molecular complexity index is 1030. The van der Waals surface area contributed by atoms with Gasteiger partial charge in [0.05, 0.1) is 11.9 Å². The minimum Gasteiger partial charge on any atom is -0.331 e. The van der Waals surface area contributed by atoms with Crippen molar-refractivity contribution in [3.05, 3.63) is 42.5 Å². The highest BCUT2D eigenvalue weighted by Gasteiger charge is 2.27. The van der Waals surface area contributed by atoms with Crippen LogP contribution in [0.4, 0.5) is 5.82 Å². The molecule has 1 aliphatic carbocycles. The standard InChI is InChI=1S/C23H29N5O/c1-15-24-14-21(28(15)4)17-5-6-18-13-25-22(12-19(18)11-17)26-23(29)16-7-9-20(10-8-16)27(2)3/h5-6,11-14,16,20H,7-10H2,1-4H3,(H,25,26,29)/t16-,20-. The number of hydrogen-bond donors (Lipinski definition) is 1. The predicted molar refractivity (Wildman–Crippen MR) is 117 cm³/mol. The van der Waals surface area contributed by atoms with Crippen LogP contribution in [0.2, 0.25) is 0 Å². The highest BCUT2D eigenvalue weighted by Crippen LogP contribution is 2.29. The zero-order valence-corrected chi connectivity index (χ0v) is 17.6. The van der Waals surface area contributed by atoms with Gasteiger partial charge in [-0.1, -0.05) is 12.1 Å². The lowest BCUT2D eigenvalue weighted by Gasteiger charge is -2.31. The fourth-order valence-electron chi connectivity index (χ4n) is 4.22. The number of nitrogens with one attached hydrogen (secondary N) is 1. The number of carbonyl (C=O) groups is 1. The second kappa shape index (κ2) is 7.95. The molecule has 0 radical (unpaired) electrons. The highest BCUT2D eigenvalue weighted by molar-refractivity contribution is 5.95. The van der Waals surface area contributed by atoms with Crippen molar-refractivity contribution in [2.45, 2.75) is 38.6 Å². The summed E-state index contributed by atoms with van der Waals surface area (Å²) in [6.45, 7) is 1.99. The Morgan fingerprint density at radius 2 is 1.83 bits per heavy atom. The quantitative estimate of drug-likeness (QED) is 0.730. The second-order valence-corrected chi connectivity index (χ2v) is 8.34. The summed E-state index contributed by atoms with van der Waals surface area (Å²) in [5.41, 5.74) is 2.18. The van der Waals surface area contributed by atoms with E-state index >= 15 is 0 Å². The van der Waals surface area contributed by atoms with Gasteiger partial charge < -0.3 is 14.8 Å². The molecule has 0 spiro atoms. The molecule has 1 saturated carbocycles. The number of fused-ring (bicyclic) bond motifs is 1. The summed E-state index contributed by atoms with van der Waals surface area (Å²) >= 11 is 0. The van der Waals surface area contributed by atoms with Crippen molar-refractivity contribution in [2.75, 3.05) is 19.4 Å². The lowest BCUT2D eigenvalue weighted by atomic mass is 9.85. The van der Waals surface area contributed by atoms with E-state index in [-0.39, 0.29) is 11.8 Å². The van der Waals surface area contributed by atoms with Crippen LogP contribution in [0.15, 0.2) is 36.7 Å². The first kappa shape index (κ1) is 19.6. The Morgan fingerprint density at radius 3 is 2.48 bits per heavy atom. The molecule has 152 valence electrons. The maximum atomic E-state index is 12.7. The first-order chi connectivity index (χ1) is 13.9. The third-order valence-corrected chi connectivity index (χ3v) is 6.29. The molecule has 2 heterocycles. The van der Waals surface area contributed by atoms with Crippen LogP contribution in [0.25, 0.3) is 22.0 Å². The molecule has 29 heavy (non-hydrogen) atoms. The van der Waals surface area contributed by atoms with E-state index in [1.54, 1.807) is 0 Å². The number of amides is 1. The Balaban J connectivity index is 1.51. The molecule has 0 aliphatic heterocycles. The third kappa shape index (κ3) is 4.03. The molecular weight excluding hydrogens is 362 g/mol. The van der Waals surface area contributed by atoms with Gasteiger partial charge in [-0.25, -0.2) is 9.97 Å². The molecule has 1 aliphatic rings. The SMILES string of the molecule is Cc1ncc(-c2ccc3cnc(NC(=O)[C@H]4CC[C@H](N(C)C)CC4)cc3c2)n1C. The number of pyridine rings is 1. The Hall–Kier alpha value is -2.73. The molecule has 0 bridgehead atoms. The van der Waals surface area contributed by atoms with Crippen LogP contribution < -0.4 is 5.32 Å². The fraction of sp³-hybridized carbons (Fsp3) is 0.435. The molecule has 1 N–H and O–H groups in total. The van der Waals surface area contributed by atoms with Crippen molar-refractivity contribution < 1.29 is 4.79 Å². The monoisotopic (exact) mass is 391 g/mol. The first-order valence-corrected chi connectivity index (χ1v) is 10.3. The van der Waals surface area contributed by atoms with Crippen molar-refractivity contribution >= 4 is 22.5 Å². The van der Waals surface area contributed by atoms with Gasteiger partial charge in [-0.2, -0.15) is 0 Å². The summed E-state index contributed by atoms with van der Waals surface area (Å²) in [4.78, 5) is 23.8. The molecular formula is C23H29N5O. The maximum Gasteiger partial charge on any atom is 0.228 e. The van der Waals surface area contributed by atoms with Crippen LogP contribution in [0.3, 0.4) is 0 Å². The Kier molecular flexibility index (Phi) is 5.37. The molecule has 1 fully saturated rings. The van der Waals surface area contributed by atoms with E-state index in [1.807, 2.05) is 32.4 Å². The summed E-state index contributed by atoms with van der Waals surface area (Å²) < 4.78 is 2.08. The van der Waals surface area contributed by atoms with Crippen molar-refractivity contribution in [1.29, 1.82) is 0 Å². The zero-order chi connectivity index (χ0) is 20.5. The van der Waals surface area contributed by atoms with E-state index in [9.17, 15) is 4.79 Å². The van der Waals surface area contributed by atoms with E-state index in [4.69, 9.17) is 0 Å². The molecule has 1 amide bonds. The van der Waals surface area contributed by atoms with Crippen LogP contribution in [-0.2, 0) is 11.8 Å². The van der Waals surface area contributed by atoms with Gasteiger partial charge in [0.1, 0.15) is 11.6 Å². The number of nitrogens with zero attached hydrogens (tertiary/aromatic N) is 4. The smallest absolute Gasteiger partial charge is 0.228 e. The molecule has 4 rings (SSSR count). The number of aryl methyl sites for hydroxylation is 1. The molecule has 2 aromatic heterocycles. The van der Waals surface area contributed by atoms with Gasteiger partial charge in [0.25, 0.3) is 0 Å². The van der Waals surface area contributed by atoms with Crippen molar-refractivity contribution in [2.24, 2.45) is 13.0 Å². The number of carbonyl (C=O) groups excluding carboxylic acids is 1. The number of rotatable bonds is 4. The van der Waals surface area contributed by atoms with E-state index in [0.29, 0.717) is 11.9 Å². The average Bonchev–Trinajstić information content (AvgIpc) is 3.06. The molecule has 6 nitrogen and oxygen atoms in total. The van der Waals surface area contributed by atoms with Gasteiger partial charge in [-0.05, 0) is 64.2 Å². The molecule has 3 aromatic rings. The number of anilines is 1. The van der Waals surface area contributed by atoms with E-state index in [2.05, 4.69) is 57.0 Å². The molecule has 0 atom stereocenters. The van der Waals surface area contributed by atoms with Crippen LogP contribution >= 0.6 is 0 Å². The van der Waals surface area contributed by atoms with Gasteiger partial charge in [-0.15, -0.1) is 0 Å². The lowest BCUT2D eigenvalue weighted by Crippen LogP contribution is -2.35. The minimum absolute atomic E-state index is 0.0763. The second-order valence-electron chi connectivity index (χ2n) is 8.34. The maximum absolute atomic E-state index is 12.7. The zero-order valence-electron chi connectivity index (χ0n) is 17.6. The summed E-state index contributed by atoms with van der Waals surface area (Å²) in [7, 11) is 6.25. The average molecular weight is 392 g/mol. The third-order valence-electron chi connectivity index (χ3n) is 6.29. The Labute approximate surface area is 172 Å². The Morgan fingerprint density at radius 1 is 1.07 bits per heavy atom. The number of benzene rings is 1. The summed E-state index contributed by atoms with van der Waals surface area (Å²) in [5, 5.41) is 5.15. The van der Waals surface area contributed by atoms with Crippen molar-refractivity contribution in [3.8, 4) is 11.3 Å². The van der Waals surface area contributed by atoms with Crippen LogP contribution in [0.1, 0.15) is 31.5 Å².